The number of aromatic nitrogens is 6. The molecule has 0 aliphatic rings. The summed E-state index contributed by atoms with van der Waals surface area (Å²) in [4.78, 5) is 76.6. The molecule has 0 aliphatic carbocycles. The number of carboxylic acid groups (broad SMARTS) is 1. The second-order valence-corrected chi connectivity index (χ2v) is 28.4. The number of halogens is 8. The Balaban J connectivity index is 0.000000274. The summed E-state index contributed by atoms with van der Waals surface area (Å²) in [5, 5.41) is 32.0. The Kier molecular flexibility index (Phi) is 41.1. The normalized spacial score (nSPS) is 11.6. The third-order valence-electron chi connectivity index (χ3n) is 19.0. The average molecular weight is 1720 g/mol. The van der Waals surface area contributed by atoms with Gasteiger partial charge in [0.05, 0.1) is 87.8 Å². The summed E-state index contributed by atoms with van der Waals surface area (Å²) in [6, 6.07) is 31.6. The number of phenols is 1. The molecule has 0 aliphatic heterocycles. The van der Waals surface area contributed by atoms with Crippen LogP contribution in [-0.4, -0.2) is 168 Å². The molecule has 664 valence electrons. The maximum Gasteiger partial charge on any atom is 0.313 e. The molecule has 0 saturated carbocycles. The van der Waals surface area contributed by atoms with Crippen LogP contribution in [0.15, 0.2) is 119 Å². The number of rotatable bonds is 49. The topological polar surface area (TPSA) is 360 Å². The van der Waals surface area contributed by atoms with Crippen LogP contribution in [0.4, 0.5) is 58.1 Å². The van der Waals surface area contributed by atoms with E-state index in [1.165, 1.54) is 0 Å². The predicted octanol–water partition coefficient (Wildman–Crippen LogP) is 15.5. The van der Waals surface area contributed by atoms with Crippen LogP contribution in [0.1, 0.15) is 139 Å². The quantitative estimate of drug-likeness (QED) is 0.00334. The molecule has 10 N–H and O–H groups in total. The number of aliphatic carboxylic acids is 1. The zero-order valence-corrected chi connectivity index (χ0v) is 69.6. The van der Waals surface area contributed by atoms with Gasteiger partial charge in [0.15, 0.2) is 40.7 Å². The highest BCUT2D eigenvalue weighted by atomic mass is 19.2. The summed E-state index contributed by atoms with van der Waals surface area (Å²) < 4.78 is 144. The Labute approximate surface area is 707 Å². The molecule has 0 unspecified atom stereocenters. The molecule has 10 aromatic rings. The van der Waals surface area contributed by atoms with Crippen LogP contribution in [-0.2, 0) is 86.6 Å². The van der Waals surface area contributed by atoms with E-state index in [9.17, 15) is 54.3 Å². The van der Waals surface area contributed by atoms with Gasteiger partial charge in [0.1, 0.15) is 34.4 Å². The number of amides is 2. The van der Waals surface area contributed by atoms with Gasteiger partial charge in [-0.05, 0) is 98.9 Å². The minimum absolute atomic E-state index is 0.0182. The largest absolute Gasteiger partial charge is 0.503 e. The van der Waals surface area contributed by atoms with E-state index in [-0.39, 0.29) is 63.0 Å². The number of carbonyl (C=O) groups is 4. The Morgan fingerprint density at radius 3 is 1.30 bits per heavy atom. The molecular weight excluding hydrogens is 1610 g/mol. The number of esters is 1. The molecular formula is C88H108F8N14O13. The minimum atomic E-state index is -1.80. The van der Waals surface area contributed by atoms with Crippen molar-refractivity contribution >= 4 is 102 Å². The molecule has 123 heavy (non-hydrogen) atoms. The lowest BCUT2D eigenvalue weighted by atomic mass is 10.1. The number of unbranched alkanes of at least 4 members (excludes halogenated alkanes) is 4. The Hall–Kier alpha value is -11.5. The van der Waals surface area contributed by atoms with Gasteiger partial charge in [0.25, 0.3) is 0 Å². The summed E-state index contributed by atoms with van der Waals surface area (Å²) in [5.74, 6) is -14.7. The zero-order valence-electron chi connectivity index (χ0n) is 69.6. The molecule has 2 amide bonds. The van der Waals surface area contributed by atoms with E-state index in [0.717, 1.165) is 156 Å². The standard InChI is InChI=1S/C44H53F4N7O6.C38H53N7O6.C6H2F4O/c1-3-4-16-36-54-41-42(31-13-5-6-14-34(31)53-44(41)49)55(36)20-8-7-19-50-35(52-30-12-9-11-29(26-30)28-51-37(56)17-22-60-25-24-58-2)15-10-21-59-23-18-38(57)61-43-39(47)32(45)27-33(46)40(43)48;1-3-4-16-33-44-36-37(30-13-5-6-14-31(30)43-38(36)39)45(33)20-8-7-19-40-32(15-10-21-50-23-18-35(47)48)42-29-12-9-11-28(26-29)27-41-34(46)17-22-51-25-24-49-2;7-2-1-3(8)5(10)6(11)4(2)9/h5-6,9,11-14,26-27H,3-4,7-8,10,15-25,28H2,1-2H3,(H2,49,53)(H,50,52)(H,51,56);5-6,9,11-14,26H,3-4,7-8,10,15-25,27H2,1-2H3,(H2,39,43)(H,40,42)(H,41,46)(H,47,48);1,11H. The van der Waals surface area contributed by atoms with E-state index in [4.69, 9.17) is 70.1 Å². The van der Waals surface area contributed by atoms with Crippen LogP contribution in [0.3, 0.4) is 0 Å². The van der Waals surface area contributed by atoms with Crippen molar-refractivity contribution in [3.63, 3.8) is 0 Å². The molecule has 4 aromatic heterocycles. The van der Waals surface area contributed by atoms with Gasteiger partial charge in [-0.3, -0.25) is 29.2 Å². The number of carboxylic acids is 1. The van der Waals surface area contributed by atoms with Crippen LogP contribution in [0.25, 0.3) is 43.9 Å². The number of nitrogen functional groups attached to an aromatic ring is 2. The molecule has 35 heteroatoms. The number of nitrogens with two attached hydrogens (primary N) is 2. The molecule has 10 rings (SSSR count). The summed E-state index contributed by atoms with van der Waals surface area (Å²) in [6.45, 7) is 10.9. The van der Waals surface area contributed by atoms with Crippen molar-refractivity contribution in [2.75, 3.05) is 115 Å². The third-order valence-corrected chi connectivity index (χ3v) is 19.0. The number of anilines is 4. The number of pyridine rings is 2. The van der Waals surface area contributed by atoms with Crippen LogP contribution < -0.4 is 37.5 Å². The minimum Gasteiger partial charge on any atom is -0.503 e. The second kappa shape index (κ2) is 52.1. The first kappa shape index (κ1) is 97.0. The number of imidazole rings is 2. The van der Waals surface area contributed by atoms with Gasteiger partial charge >= 0.3 is 11.9 Å². The average Bonchev–Trinajstić information content (AvgIpc) is 1.63. The number of ether oxygens (including phenoxy) is 7. The molecule has 0 saturated heterocycles. The van der Waals surface area contributed by atoms with Crippen molar-refractivity contribution in [1.82, 2.24) is 39.7 Å². The second-order valence-electron chi connectivity index (χ2n) is 28.4. The van der Waals surface area contributed by atoms with Crippen molar-refractivity contribution in [1.29, 1.82) is 0 Å². The van der Waals surface area contributed by atoms with E-state index in [1.54, 1.807) is 14.2 Å². The van der Waals surface area contributed by atoms with Crippen molar-refractivity contribution in [2.24, 2.45) is 9.98 Å². The van der Waals surface area contributed by atoms with E-state index in [2.05, 4.69) is 65.0 Å². The number of hydrogen-bond donors (Lipinski definition) is 8. The fourth-order valence-corrected chi connectivity index (χ4v) is 12.7. The fourth-order valence-electron chi connectivity index (χ4n) is 12.7. The summed E-state index contributed by atoms with van der Waals surface area (Å²) in [5.41, 5.74) is 21.5. The number of hydrogen-bond acceptors (Lipinski definition) is 20. The molecule has 0 fully saturated rings. The molecule has 0 atom stereocenters. The number of fused-ring (bicyclic) bond motifs is 6. The van der Waals surface area contributed by atoms with E-state index in [0.29, 0.717) is 121 Å². The number of benzene rings is 6. The number of aryl methyl sites for hydroxylation is 4. The van der Waals surface area contributed by atoms with Crippen molar-refractivity contribution in [2.45, 2.75) is 156 Å². The highest BCUT2D eigenvalue weighted by Crippen LogP contribution is 2.33. The number of nitrogens with zero attached hydrogens (tertiary/aromatic N) is 8. The first-order valence-corrected chi connectivity index (χ1v) is 41.0. The highest BCUT2D eigenvalue weighted by Gasteiger charge is 2.25. The number of para-hydroxylation sites is 2. The van der Waals surface area contributed by atoms with E-state index < -0.39 is 76.4 Å². The van der Waals surface area contributed by atoms with Crippen LogP contribution in [0, 0.1) is 46.5 Å². The molecule has 4 heterocycles. The van der Waals surface area contributed by atoms with Crippen LogP contribution in [0.5, 0.6) is 11.5 Å². The lowest BCUT2D eigenvalue weighted by Gasteiger charge is -2.13. The Morgan fingerprint density at radius 1 is 0.455 bits per heavy atom. The summed E-state index contributed by atoms with van der Waals surface area (Å²) >= 11 is 0. The maximum atomic E-state index is 13.9. The number of methoxy groups -OCH3 is 2. The van der Waals surface area contributed by atoms with Crippen molar-refractivity contribution in [3.8, 4) is 11.5 Å². The van der Waals surface area contributed by atoms with Gasteiger partial charge in [-0.25, -0.2) is 37.5 Å². The highest BCUT2D eigenvalue weighted by molar-refractivity contribution is 6.07. The SMILES string of the molecule is CCCCc1nc2c(N)nc3ccccc3c2n1CCCCN=C(CCCOCCC(=O)O)Nc1cccc(CNC(=O)CCOCCOC)c1.CCCCc1nc2c(N)nc3ccccc3c2n1CCCCN=C(CCCOCCC(=O)Oc1c(F)c(F)cc(F)c1F)Nc1cccc(CNC(=O)CCOCCOC)c1.Oc1c(F)c(F)cc(F)c1F. The number of phenolic OH excluding ortho intramolecular Hbond substituents is 1. The fraction of sp³-hybridized carbons (Fsp3) is 0.432. The summed E-state index contributed by atoms with van der Waals surface area (Å²) in [7, 11) is 3.19. The van der Waals surface area contributed by atoms with Gasteiger partial charge in [0.2, 0.25) is 40.8 Å². The Bertz CT molecular complexity index is 5100. The molecule has 27 nitrogen and oxygen atoms in total. The number of carbonyl (C=O) groups excluding carboxylic acids is 3. The number of amidine groups is 2. The first-order chi connectivity index (χ1) is 59.5. The van der Waals surface area contributed by atoms with Gasteiger partial charge in [-0.15, -0.1) is 0 Å². The molecule has 0 bridgehead atoms. The molecule has 0 radical (unpaired) electrons. The van der Waals surface area contributed by atoms with Crippen molar-refractivity contribution in [3.05, 3.63) is 179 Å². The van der Waals surface area contributed by atoms with Crippen LogP contribution in [0.2, 0.25) is 0 Å². The zero-order chi connectivity index (χ0) is 88.4. The lowest BCUT2D eigenvalue weighted by Crippen LogP contribution is -2.24. The monoisotopic (exact) mass is 1720 g/mol. The molecule has 0 spiro atoms. The van der Waals surface area contributed by atoms with Crippen molar-refractivity contribution < 1.29 is 97.7 Å². The van der Waals surface area contributed by atoms with E-state index >= 15 is 0 Å². The van der Waals surface area contributed by atoms with E-state index in [1.807, 2.05) is 91.0 Å². The number of aromatic hydroxyl groups is 1. The predicted molar refractivity (Wildman–Crippen MR) is 454 cm³/mol. The maximum absolute atomic E-state index is 13.9. The number of nitrogens with one attached hydrogen (secondary N) is 4. The number of aliphatic imine (C=N–C) groups is 2. The smallest absolute Gasteiger partial charge is 0.313 e. The van der Waals surface area contributed by atoms with Gasteiger partial charge < -0.3 is 85.2 Å². The Morgan fingerprint density at radius 2 is 0.870 bits per heavy atom. The van der Waals surface area contributed by atoms with Gasteiger partial charge in [-0.2, -0.15) is 17.6 Å². The first-order valence-electron chi connectivity index (χ1n) is 41.0. The summed E-state index contributed by atoms with van der Waals surface area (Å²) in [6.07, 6.45) is 11.6. The van der Waals surface area contributed by atoms with Gasteiger partial charge in [0, 0.05) is 140 Å². The van der Waals surface area contributed by atoms with Gasteiger partial charge in [-0.1, -0.05) is 87.4 Å². The van der Waals surface area contributed by atoms with Crippen LogP contribution >= 0.6 is 0 Å². The molecule has 6 aromatic carbocycles. The third kappa shape index (κ3) is 31.1. The lowest BCUT2D eigenvalue weighted by molar-refractivity contribution is -0.138.